The van der Waals surface area contributed by atoms with Gasteiger partial charge in [-0.05, 0) is 48.5 Å². The highest BCUT2D eigenvalue weighted by Gasteiger charge is 2.30. The molecule has 2 aromatic carbocycles. The third-order valence-electron chi connectivity index (χ3n) is 4.17. The minimum Gasteiger partial charge on any atom is -0.457 e. The Bertz CT molecular complexity index is 992. The number of hydrogen-bond acceptors (Lipinski definition) is 5. The molecule has 0 aliphatic heterocycles. The van der Waals surface area contributed by atoms with E-state index in [1.165, 1.54) is 36.4 Å². The smallest absolute Gasteiger partial charge is 0.416 e. The van der Waals surface area contributed by atoms with E-state index in [1.807, 2.05) is 0 Å². The molecule has 0 saturated heterocycles. The SMILES string of the molecule is CC(C)N[C@@H](CN(c1ccc(Oc2ccc(C(F)(F)F)cc2)cc1)S(C)(=O)=O)C(N)=O. The van der Waals surface area contributed by atoms with E-state index in [0.29, 0.717) is 5.75 Å². The van der Waals surface area contributed by atoms with Gasteiger partial charge in [0, 0.05) is 6.04 Å². The number of hydrogen-bond donors (Lipinski definition) is 2. The van der Waals surface area contributed by atoms with Gasteiger partial charge in [-0.1, -0.05) is 13.8 Å². The van der Waals surface area contributed by atoms with Gasteiger partial charge in [-0.2, -0.15) is 13.2 Å². The average Bonchev–Trinajstić information content (AvgIpc) is 2.64. The summed E-state index contributed by atoms with van der Waals surface area (Å²) < 4.78 is 69.1. The largest absolute Gasteiger partial charge is 0.457 e. The number of ether oxygens (including phenoxy) is 1. The van der Waals surface area contributed by atoms with Crippen LogP contribution in [0.2, 0.25) is 0 Å². The number of rotatable bonds is 9. The lowest BCUT2D eigenvalue weighted by Gasteiger charge is -2.27. The molecule has 0 aliphatic carbocycles. The molecular weight excluding hydrogens is 435 g/mol. The quantitative estimate of drug-likeness (QED) is 0.600. The van der Waals surface area contributed by atoms with Gasteiger partial charge in [0.2, 0.25) is 15.9 Å². The summed E-state index contributed by atoms with van der Waals surface area (Å²) in [5, 5.41) is 2.93. The van der Waals surface area contributed by atoms with Gasteiger partial charge in [-0.25, -0.2) is 8.42 Å². The van der Waals surface area contributed by atoms with Crippen LogP contribution in [0.25, 0.3) is 0 Å². The maximum Gasteiger partial charge on any atom is 0.416 e. The summed E-state index contributed by atoms with van der Waals surface area (Å²) in [5.74, 6) is -0.205. The molecule has 0 fully saturated rings. The van der Waals surface area contributed by atoms with Crippen molar-refractivity contribution in [1.29, 1.82) is 0 Å². The number of primary amides is 1. The number of carbonyl (C=O) groups excluding carboxylic acids is 1. The van der Waals surface area contributed by atoms with Crippen molar-refractivity contribution in [3.8, 4) is 11.5 Å². The highest BCUT2D eigenvalue weighted by Crippen LogP contribution is 2.32. The fraction of sp³-hybridized carbons (Fsp3) is 0.350. The van der Waals surface area contributed by atoms with Gasteiger partial charge in [0.1, 0.15) is 17.5 Å². The van der Waals surface area contributed by atoms with Crippen LogP contribution in [-0.2, 0) is 21.0 Å². The van der Waals surface area contributed by atoms with Crippen molar-refractivity contribution in [2.45, 2.75) is 32.1 Å². The van der Waals surface area contributed by atoms with Crippen molar-refractivity contribution < 1.29 is 31.1 Å². The van der Waals surface area contributed by atoms with Gasteiger partial charge >= 0.3 is 6.18 Å². The van der Waals surface area contributed by atoms with Gasteiger partial charge in [0.15, 0.2) is 0 Å². The molecule has 31 heavy (non-hydrogen) atoms. The maximum absolute atomic E-state index is 12.6. The molecule has 1 amide bonds. The minimum atomic E-state index is -4.44. The normalized spacial score (nSPS) is 13.1. The number of alkyl halides is 3. The molecule has 11 heteroatoms. The molecule has 0 unspecified atom stereocenters. The number of amides is 1. The lowest BCUT2D eigenvalue weighted by Crippen LogP contribution is -2.52. The van der Waals surface area contributed by atoms with Crippen LogP contribution < -0.4 is 20.1 Å². The zero-order chi connectivity index (χ0) is 23.4. The summed E-state index contributed by atoms with van der Waals surface area (Å²) in [7, 11) is -3.73. The van der Waals surface area contributed by atoms with Crippen LogP contribution in [0.3, 0.4) is 0 Å². The van der Waals surface area contributed by atoms with Gasteiger partial charge in [0.05, 0.1) is 24.1 Å². The Morgan fingerprint density at radius 1 is 1.06 bits per heavy atom. The maximum atomic E-state index is 12.6. The fourth-order valence-electron chi connectivity index (χ4n) is 2.75. The Hall–Kier alpha value is -2.79. The van der Waals surface area contributed by atoms with Crippen molar-refractivity contribution in [3.05, 3.63) is 54.1 Å². The Morgan fingerprint density at radius 2 is 1.55 bits per heavy atom. The van der Waals surface area contributed by atoms with E-state index in [-0.39, 0.29) is 24.0 Å². The molecule has 0 aromatic heterocycles. The Balaban J connectivity index is 2.20. The van der Waals surface area contributed by atoms with Crippen LogP contribution in [0.4, 0.5) is 18.9 Å². The molecule has 2 aromatic rings. The zero-order valence-electron chi connectivity index (χ0n) is 17.2. The van der Waals surface area contributed by atoms with Crippen molar-refractivity contribution in [3.63, 3.8) is 0 Å². The Labute approximate surface area is 179 Å². The van der Waals surface area contributed by atoms with E-state index in [1.54, 1.807) is 13.8 Å². The Kier molecular flexibility index (Phi) is 7.55. The second kappa shape index (κ2) is 9.56. The minimum absolute atomic E-state index is 0.0987. The van der Waals surface area contributed by atoms with Crippen molar-refractivity contribution in [2.24, 2.45) is 5.73 Å². The van der Waals surface area contributed by atoms with Crippen LogP contribution in [0.5, 0.6) is 11.5 Å². The summed E-state index contributed by atoms with van der Waals surface area (Å²) in [6, 6.07) is 9.06. The topological polar surface area (TPSA) is 102 Å². The van der Waals surface area contributed by atoms with Gasteiger partial charge in [0.25, 0.3) is 0 Å². The number of anilines is 1. The molecule has 0 bridgehead atoms. The van der Waals surface area contributed by atoms with Gasteiger partial charge in [-0.15, -0.1) is 0 Å². The van der Waals surface area contributed by atoms with Crippen molar-refractivity contribution in [1.82, 2.24) is 5.32 Å². The van der Waals surface area contributed by atoms with E-state index < -0.39 is 33.7 Å². The number of nitrogens with one attached hydrogen (secondary N) is 1. The monoisotopic (exact) mass is 459 g/mol. The third-order valence-corrected chi connectivity index (χ3v) is 5.33. The molecule has 1 atom stereocenters. The summed E-state index contributed by atoms with van der Waals surface area (Å²) in [5.41, 5.74) is 4.87. The van der Waals surface area contributed by atoms with Crippen LogP contribution in [-0.4, -0.2) is 39.2 Å². The molecule has 3 N–H and O–H groups in total. The number of halogens is 3. The molecule has 0 radical (unpaired) electrons. The van der Waals surface area contributed by atoms with E-state index >= 15 is 0 Å². The van der Waals surface area contributed by atoms with Gasteiger partial charge < -0.3 is 15.8 Å². The first-order valence-electron chi connectivity index (χ1n) is 9.25. The molecule has 0 saturated carbocycles. The molecule has 0 spiro atoms. The number of sulfonamides is 1. The lowest BCUT2D eigenvalue weighted by molar-refractivity contribution is -0.137. The van der Waals surface area contributed by atoms with E-state index in [2.05, 4.69) is 5.32 Å². The molecular formula is C20H24F3N3O4S. The predicted octanol–water partition coefficient (Wildman–Crippen LogP) is 3.12. The van der Waals surface area contributed by atoms with E-state index in [9.17, 15) is 26.4 Å². The second-order valence-corrected chi connectivity index (χ2v) is 9.10. The number of nitrogens with two attached hydrogens (primary N) is 1. The summed E-state index contributed by atoms with van der Waals surface area (Å²) in [6.45, 7) is 3.40. The fourth-order valence-corrected chi connectivity index (χ4v) is 3.68. The van der Waals surface area contributed by atoms with Crippen LogP contribution in [0.1, 0.15) is 19.4 Å². The second-order valence-electron chi connectivity index (χ2n) is 7.19. The first-order valence-corrected chi connectivity index (χ1v) is 11.1. The van der Waals surface area contributed by atoms with Crippen LogP contribution >= 0.6 is 0 Å². The predicted molar refractivity (Wildman–Crippen MR) is 111 cm³/mol. The number of nitrogens with zero attached hydrogens (tertiary/aromatic N) is 1. The first-order chi connectivity index (χ1) is 14.3. The molecule has 7 nitrogen and oxygen atoms in total. The summed E-state index contributed by atoms with van der Waals surface area (Å²) in [6.07, 6.45) is -3.43. The first kappa shape index (κ1) is 24.5. The lowest BCUT2D eigenvalue weighted by atomic mass is 10.2. The summed E-state index contributed by atoms with van der Waals surface area (Å²) in [4.78, 5) is 11.7. The average molecular weight is 459 g/mol. The number of carbonyl (C=O) groups is 1. The third kappa shape index (κ3) is 7.14. The standard InChI is InChI=1S/C20H24F3N3O4S/c1-13(2)25-18(19(24)27)12-26(31(3,28)29)15-6-10-17(11-7-15)30-16-8-4-14(5-9-16)20(21,22)23/h4-11,13,18,25H,12H2,1-3H3,(H2,24,27)/t18-/m0/s1. The van der Waals surface area contributed by atoms with Gasteiger partial charge in [-0.3, -0.25) is 9.10 Å². The molecule has 170 valence electrons. The van der Waals surface area contributed by atoms with Crippen molar-refractivity contribution in [2.75, 3.05) is 17.1 Å². The zero-order valence-corrected chi connectivity index (χ0v) is 18.0. The molecule has 0 heterocycles. The number of benzene rings is 2. The van der Waals surface area contributed by atoms with E-state index in [0.717, 1.165) is 22.7 Å². The molecule has 0 aliphatic rings. The molecule has 2 rings (SSSR count). The van der Waals surface area contributed by atoms with Crippen molar-refractivity contribution >= 4 is 21.6 Å². The van der Waals surface area contributed by atoms with Crippen LogP contribution in [0.15, 0.2) is 48.5 Å². The van der Waals surface area contributed by atoms with Crippen LogP contribution in [0, 0.1) is 0 Å². The Morgan fingerprint density at radius 3 is 1.94 bits per heavy atom. The van der Waals surface area contributed by atoms with E-state index in [4.69, 9.17) is 10.5 Å². The summed E-state index contributed by atoms with van der Waals surface area (Å²) >= 11 is 0. The highest BCUT2D eigenvalue weighted by atomic mass is 32.2. The highest BCUT2D eigenvalue weighted by molar-refractivity contribution is 7.92.